The Morgan fingerprint density at radius 2 is 1.83 bits per heavy atom. The standard InChI is InChI=1S/C19H18N2O3/c1-2-15-7-6-8-16(13-15)21-19(23)14-20-18(22)11-12-24-17-9-4-3-5-10-17/h1,3-10,13H,11-12,14H2,(H,20,22)(H,21,23). The first-order valence-electron chi connectivity index (χ1n) is 7.48. The van der Waals surface area contributed by atoms with Crippen LogP contribution in [0.2, 0.25) is 0 Å². The van der Waals surface area contributed by atoms with Gasteiger partial charge in [-0.15, -0.1) is 6.42 Å². The molecule has 2 rings (SSSR count). The second kappa shape index (κ2) is 9.01. The topological polar surface area (TPSA) is 67.4 Å². The first kappa shape index (κ1) is 17.1. The number of hydrogen-bond donors (Lipinski definition) is 2. The fraction of sp³-hybridized carbons (Fsp3) is 0.158. The molecule has 0 atom stereocenters. The molecule has 2 aromatic carbocycles. The van der Waals surface area contributed by atoms with E-state index in [4.69, 9.17) is 11.2 Å². The van der Waals surface area contributed by atoms with Crippen LogP contribution in [0.3, 0.4) is 0 Å². The summed E-state index contributed by atoms with van der Waals surface area (Å²) in [6.45, 7) is 0.145. The number of benzene rings is 2. The summed E-state index contributed by atoms with van der Waals surface area (Å²) < 4.78 is 5.42. The summed E-state index contributed by atoms with van der Waals surface area (Å²) in [6, 6.07) is 16.2. The van der Waals surface area contributed by atoms with E-state index in [1.165, 1.54) is 0 Å². The Morgan fingerprint density at radius 3 is 2.58 bits per heavy atom. The number of nitrogens with one attached hydrogen (secondary N) is 2. The maximum absolute atomic E-state index is 11.8. The molecule has 0 saturated carbocycles. The first-order chi connectivity index (χ1) is 11.7. The minimum absolute atomic E-state index is 0.107. The quantitative estimate of drug-likeness (QED) is 0.768. The summed E-state index contributed by atoms with van der Waals surface area (Å²) in [5, 5.41) is 5.22. The van der Waals surface area contributed by atoms with Crippen molar-refractivity contribution in [2.24, 2.45) is 0 Å². The van der Waals surface area contributed by atoms with Crippen LogP contribution >= 0.6 is 0 Å². The Morgan fingerprint density at radius 1 is 1.04 bits per heavy atom. The number of carbonyl (C=O) groups excluding carboxylic acids is 2. The van der Waals surface area contributed by atoms with Crippen molar-refractivity contribution in [3.8, 4) is 18.1 Å². The molecular weight excluding hydrogens is 304 g/mol. The van der Waals surface area contributed by atoms with Gasteiger partial charge < -0.3 is 15.4 Å². The zero-order valence-corrected chi connectivity index (χ0v) is 13.1. The number of rotatable bonds is 7. The van der Waals surface area contributed by atoms with Gasteiger partial charge in [0.05, 0.1) is 19.6 Å². The largest absolute Gasteiger partial charge is 0.493 e. The minimum Gasteiger partial charge on any atom is -0.493 e. The lowest BCUT2D eigenvalue weighted by molar-refractivity contribution is -0.124. The zero-order chi connectivity index (χ0) is 17.2. The number of anilines is 1. The fourth-order valence-electron chi connectivity index (χ4n) is 1.94. The van der Waals surface area contributed by atoms with E-state index in [0.717, 1.165) is 0 Å². The molecule has 0 bridgehead atoms. The molecule has 0 heterocycles. The van der Waals surface area contributed by atoms with E-state index in [-0.39, 0.29) is 31.4 Å². The third-order valence-electron chi connectivity index (χ3n) is 3.10. The maximum Gasteiger partial charge on any atom is 0.243 e. The van der Waals surface area contributed by atoms with Crippen molar-refractivity contribution in [3.63, 3.8) is 0 Å². The van der Waals surface area contributed by atoms with Gasteiger partial charge in [-0.1, -0.05) is 30.2 Å². The average molecular weight is 322 g/mol. The van der Waals surface area contributed by atoms with Crippen LogP contribution in [-0.2, 0) is 9.59 Å². The molecule has 2 amide bonds. The molecule has 0 fully saturated rings. The number of ether oxygens (including phenoxy) is 1. The van der Waals surface area contributed by atoms with E-state index in [1.54, 1.807) is 24.3 Å². The van der Waals surface area contributed by atoms with Crippen molar-refractivity contribution in [1.82, 2.24) is 5.32 Å². The highest BCUT2D eigenvalue weighted by molar-refractivity contribution is 5.94. The number of hydrogen-bond acceptors (Lipinski definition) is 3. The third-order valence-corrected chi connectivity index (χ3v) is 3.10. The molecule has 2 aromatic rings. The van der Waals surface area contributed by atoms with Crippen LogP contribution in [0.5, 0.6) is 5.75 Å². The van der Waals surface area contributed by atoms with Crippen molar-refractivity contribution in [1.29, 1.82) is 0 Å². The van der Waals surface area contributed by atoms with Gasteiger partial charge in [-0.05, 0) is 30.3 Å². The predicted octanol–water partition coefficient (Wildman–Crippen LogP) is 2.19. The van der Waals surface area contributed by atoms with Crippen LogP contribution in [0.4, 0.5) is 5.69 Å². The van der Waals surface area contributed by atoms with Crippen molar-refractivity contribution in [2.45, 2.75) is 6.42 Å². The SMILES string of the molecule is C#Cc1cccc(NC(=O)CNC(=O)CCOc2ccccc2)c1. The van der Waals surface area contributed by atoms with Crippen LogP contribution in [0, 0.1) is 12.3 Å². The lowest BCUT2D eigenvalue weighted by atomic mass is 10.2. The van der Waals surface area contributed by atoms with E-state index >= 15 is 0 Å². The second-order valence-corrected chi connectivity index (χ2v) is 4.96. The Bertz CT molecular complexity index is 736. The van der Waals surface area contributed by atoms with Gasteiger partial charge in [-0.25, -0.2) is 0 Å². The van der Waals surface area contributed by atoms with Crippen LogP contribution in [0.15, 0.2) is 54.6 Å². The van der Waals surface area contributed by atoms with E-state index in [9.17, 15) is 9.59 Å². The normalized spacial score (nSPS) is 9.62. The summed E-state index contributed by atoms with van der Waals surface area (Å²) in [5.41, 5.74) is 1.27. The molecule has 2 N–H and O–H groups in total. The first-order valence-corrected chi connectivity index (χ1v) is 7.48. The summed E-state index contributed by atoms with van der Waals surface area (Å²) in [7, 11) is 0. The number of para-hydroxylation sites is 1. The molecule has 0 aromatic heterocycles. The third kappa shape index (κ3) is 5.85. The average Bonchev–Trinajstić information content (AvgIpc) is 2.61. The van der Waals surface area contributed by atoms with Gasteiger partial charge in [0.15, 0.2) is 0 Å². The highest BCUT2D eigenvalue weighted by atomic mass is 16.5. The van der Waals surface area contributed by atoms with Gasteiger partial charge in [0.25, 0.3) is 0 Å². The van der Waals surface area contributed by atoms with E-state index in [0.29, 0.717) is 17.0 Å². The molecular formula is C19H18N2O3. The van der Waals surface area contributed by atoms with Crippen molar-refractivity contribution in [2.75, 3.05) is 18.5 Å². The molecule has 0 saturated heterocycles. The Kier molecular flexibility index (Phi) is 6.42. The highest BCUT2D eigenvalue weighted by Gasteiger charge is 2.06. The van der Waals surface area contributed by atoms with Gasteiger partial charge in [0, 0.05) is 11.3 Å². The number of carbonyl (C=O) groups is 2. The van der Waals surface area contributed by atoms with E-state index in [1.807, 2.05) is 30.3 Å². The molecule has 24 heavy (non-hydrogen) atoms. The van der Waals surface area contributed by atoms with Gasteiger partial charge in [-0.2, -0.15) is 0 Å². The predicted molar refractivity (Wildman–Crippen MR) is 92.6 cm³/mol. The maximum atomic E-state index is 11.8. The second-order valence-electron chi connectivity index (χ2n) is 4.96. The smallest absolute Gasteiger partial charge is 0.243 e. The zero-order valence-electron chi connectivity index (χ0n) is 13.1. The Labute approximate surface area is 141 Å². The van der Waals surface area contributed by atoms with Crippen molar-refractivity contribution in [3.05, 3.63) is 60.2 Å². The molecule has 0 unspecified atom stereocenters. The molecule has 5 heteroatoms. The molecule has 0 radical (unpaired) electrons. The van der Waals surface area contributed by atoms with Crippen molar-refractivity contribution < 1.29 is 14.3 Å². The summed E-state index contributed by atoms with van der Waals surface area (Å²) in [4.78, 5) is 23.5. The van der Waals surface area contributed by atoms with E-state index < -0.39 is 0 Å². The molecule has 0 spiro atoms. The molecule has 5 nitrogen and oxygen atoms in total. The molecule has 0 aliphatic heterocycles. The van der Waals surface area contributed by atoms with Crippen molar-refractivity contribution >= 4 is 17.5 Å². The monoisotopic (exact) mass is 322 g/mol. The fourth-order valence-corrected chi connectivity index (χ4v) is 1.94. The Hall–Kier alpha value is -3.26. The number of terminal acetylenes is 1. The van der Waals surface area contributed by atoms with Crippen LogP contribution < -0.4 is 15.4 Å². The van der Waals surface area contributed by atoms with Gasteiger partial charge in [0.2, 0.25) is 11.8 Å². The Balaban J connectivity index is 1.67. The van der Waals surface area contributed by atoms with Crippen LogP contribution in [0.25, 0.3) is 0 Å². The summed E-state index contributed by atoms with van der Waals surface area (Å²) >= 11 is 0. The van der Waals surface area contributed by atoms with Crippen LogP contribution in [0.1, 0.15) is 12.0 Å². The van der Waals surface area contributed by atoms with Gasteiger partial charge in [0.1, 0.15) is 5.75 Å². The number of amides is 2. The van der Waals surface area contributed by atoms with E-state index in [2.05, 4.69) is 16.6 Å². The lowest BCUT2D eigenvalue weighted by Crippen LogP contribution is -2.33. The summed E-state index contributed by atoms with van der Waals surface area (Å²) in [6.07, 6.45) is 5.48. The summed E-state index contributed by atoms with van der Waals surface area (Å²) in [5.74, 6) is 2.63. The van der Waals surface area contributed by atoms with Gasteiger partial charge in [-0.3, -0.25) is 9.59 Å². The van der Waals surface area contributed by atoms with Crippen LogP contribution in [-0.4, -0.2) is 25.0 Å². The molecule has 122 valence electrons. The minimum atomic E-state index is -0.318. The van der Waals surface area contributed by atoms with Gasteiger partial charge >= 0.3 is 0 Å². The highest BCUT2D eigenvalue weighted by Crippen LogP contribution is 2.09. The molecule has 0 aliphatic rings. The lowest BCUT2D eigenvalue weighted by Gasteiger charge is -2.08. The molecule has 0 aliphatic carbocycles.